The molecule has 0 radical (unpaired) electrons. The Balaban J connectivity index is 1.87. The summed E-state index contributed by atoms with van der Waals surface area (Å²) in [6.45, 7) is 17.8. The van der Waals surface area contributed by atoms with Crippen molar-refractivity contribution in [2.24, 2.45) is 0 Å². The van der Waals surface area contributed by atoms with Crippen LogP contribution >= 0.6 is 0 Å². The minimum atomic E-state index is -1.71. The summed E-state index contributed by atoms with van der Waals surface area (Å²) in [6, 6.07) is 9.47. The van der Waals surface area contributed by atoms with Crippen molar-refractivity contribution in [2.45, 2.75) is 96.0 Å². The molecule has 1 fully saturated rings. The number of nitrogens with zero attached hydrogens (tertiary/aromatic N) is 1. The Hall–Kier alpha value is -2.36. The molecule has 0 bridgehead atoms. The lowest BCUT2D eigenvalue weighted by Gasteiger charge is -2.38. The molecule has 1 aliphatic heterocycles. The minimum Gasteiger partial charge on any atom is -0.447 e. The number of carbonyl (C=O) groups is 2. The summed E-state index contributed by atoms with van der Waals surface area (Å²) in [5, 5.41) is 0. The summed E-state index contributed by atoms with van der Waals surface area (Å²) in [4.78, 5) is 26.2. The number of ether oxygens (including phenoxy) is 2. The summed E-state index contributed by atoms with van der Waals surface area (Å²) < 4.78 is 11.0. The van der Waals surface area contributed by atoms with Crippen LogP contribution in [0, 0.1) is 11.5 Å². The number of hydrogen-bond donors (Lipinski definition) is 0. The van der Waals surface area contributed by atoms with E-state index in [2.05, 4.69) is 59.6 Å². The Kier molecular flexibility index (Phi) is 11.3. The van der Waals surface area contributed by atoms with E-state index in [1.54, 1.807) is 6.08 Å². The molecule has 0 N–H and O–H groups in total. The first-order valence-electron chi connectivity index (χ1n) is 12.9. The molecule has 0 aromatic heterocycles. The van der Waals surface area contributed by atoms with Crippen LogP contribution in [0.2, 0.25) is 16.6 Å². The van der Waals surface area contributed by atoms with E-state index >= 15 is 0 Å². The first-order valence-corrected chi connectivity index (χ1v) is 15.1. The molecule has 1 heterocycles. The standard InChI is InChI=1S/C29H43NO4Si/c1-8-27(17-13-10-14-18-35(22(2)3,23(4)5)24(6)7)33-21-28(31)30-26(20-34-29(30)32)19-25-15-11-9-12-16-25/h8-9,11-12,15-16,22-24,26-27H,1,10,13,17,19-21H2,2-7H3/t26-,27+/m1/s1. The number of amides is 2. The number of carbonyl (C=O) groups excluding carboxylic acids is 2. The molecule has 1 aliphatic rings. The zero-order chi connectivity index (χ0) is 26.0. The van der Waals surface area contributed by atoms with Gasteiger partial charge in [0.2, 0.25) is 0 Å². The Bertz CT molecular complexity index is 878. The summed E-state index contributed by atoms with van der Waals surface area (Å²) in [5.74, 6) is 3.11. The van der Waals surface area contributed by atoms with Gasteiger partial charge in [-0.25, -0.2) is 9.69 Å². The zero-order valence-corrected chi connectivity index (χ0v) is 23.4. The second-order valence-corrected chi connectivity index (χ2v) is 15.9. The number of rotatable bonds is 12. The fourth-order valence-corrected chi connectivity index (χ4v) is 10.7. The number of unbranched alkanes of at least 4 members (excludes halogenated alkanes) is 1. The molecule has 5 nitrogen and oxygen atoms in total. The van der Waals surface area contributed by atoms with Gasteiger partial charge in [0.15, 0.2) is 0 Å². The molecular formula is C29H43NO4Si. The van der Waals surface area contributed by atoms with Gasteiger partial charge in [-0.2, -0.15) is 0 Å². The molecule has 0 saturated carbocycles. The van der Waals surface area contributed by atoms with Gasteiger partial charge in [0, 0.05) is 6.42 Å². The van der Waals surface area contributed by atoms with Gasteiger partial charge in [0.05, 0.1) is 12.1 Å². The Morgan fingerprint density at radius 1 is 1.17 bits per heavy atom. The zero-order valence-electron chi connectivity index (χ0n) is 22.4. The molecule has 35 heavy (non-hydrogen) atoms. The van der Waals surface area contributed by atoms with Crippen LogP contribution in [0.15, 0.2) is 43.0 Å². The van der Waals surface area contributed by atoms with Crippen molar-refractivity contribution in [1.29, 1.82) is 0 Å². The normalized spacial score (nSPS) is 16.9. The van der Waals surface area contributed by atoms with Crippen LogP contribution in [0.25, 0.3) is 0 Å². The first kappa shape index (κ1) is 28.9. The quantitative estimate of drug-likeness (QED) is 0.142. The summed E-state index contributed by atoms with van der Waals surface area (Å²) >= 11 is 0. The number of imide groups is 1. The largest absolute Gasteiger partial charge is 0.447 e. The van der Waals surface area contributed by atoms with Crippen molar-refractivity contribution in [2.75, 3.05) is 13.2 Å². The van der Waals surface area contributed by atoms with Gasteiger partial charge < -0.3 is 9.47 Å². The highest BCUT2D eigenvalue weighted by atomic mass is 28.3. The second-order valence-electron chi connectivity index (χ2n) is 10.4. The van der Waals surface area contributed by atoms with Gasteiger partial charge >= 0.3 is 6.09 Å². The Labute approximate surface area is 213 Å². The Morgan fingerprint density at radius 3 is 2.37 bits per heavy atom. The van der Waals surface area contributed by atoms with Crippen LogP contribution in [0.5, 0.6) is 0 Å². The molecule has 2 atom stereocenters. The third-order valence-electron chi connectivity index (χ3n) is 7.19. The molecule has 0 spiro atoms. The molecule has 1 aromatic rings. The number of hydrogen-bond acceptors (Lipinski definition) is 4. The summed E-state index contributed by atoms with van der Waals surface area (Å²) in [5.41, 5.74) is 6.66. The van der Waals surface area contributed by atoms with Crippen molar-refractivity contribution in [3.8, 4) is 11.5 Å². The van der Waals surface area contributed by atoms with Gasteiger partial charge in [0.25, 0.3) is 5.91 Å². The van der Waals surface area contributed by atoms with E-state index in [9.17, 15) is 9.59 Å². The number of cyclic esters (lactones) is 1. The van der Waals surface area contributed by atoms with Crippen molar-refractivity contribution in [1.82, 2.24) is 4.90 Å². The highest BCUT2D eigenvalue weighted by Gasteiger charge is 2.41. The van der Waals surface area contributed by atoms with E-state index in [1.165, 1.54) is 4.90 Å². The van der Waals surface area contributed by atoms with E-state index in [4.69, 9.17) is 9.47 Å². The SMILES string of the molecule is C=C[C@@H](CCCC#C[Si](C(C)C)(C(C)C)C(C)C)OCC(=O)N1C(=O)OC[C@H]1Cc1ccccc1. The molecule has 6 heteroatoms. The molecule has 0 unspecified atom stereocenters. The van der Waals surface area contributed by atoms with Crippen LogP contribution in [0.1, 0.15) is 66.4 Å². The average Bonchev–Trinajstić information content (AvgIpc) is 3.17. The lowest BCUT2D eigenvalue weighted by Crippen LogP contribution is -2.43. The fourth-order valence-electron chi connectivity index (χ4n) is 5.36. The smallest absolute Gasteiger partial charge is 0.417 e. The summed E-state index contributed by atoms with van der Waals surface area (Å²) in [7, 11) is -1.71. The predicted octanol–water partition coefficient (Wildman–Crippen LogP) is 6.54. The third-order valence-corrected chi connectivity index (χ3v) is 13.5. The lowest BCUT2D eigenvalue weighted by molar-refractivity contribution is -0.135. The van der Waals surface area contributed by atoms with E-state index in [0.29, 0.717) is 23.0 Å². The van der Waals surface area contributed by atoms with Gasteiger partial charge in [0.1, 0.15) is 21.3 Å². The first-order chi connectivity index (χ1) is 16.6. The highest BCUT2D eigenvalue weighted by Crippen LogP contribution is 2.40. The van der Waals surface area contributed by atoms with Crippen molar-refractivity contribution >= 4 is 20.1 Å². The third kappa shape index (κ3) is 7.56. The van der Waals surface area contributed by atoms with E-state index in [-0.39, 0.29) is 31.3 Å². The van der Waals surface area contributed by atoms with Crippen LogP contribution in [0.3, 0.4) is 0 Å². The highest BCUT2D eigenvalue weighted by molar-refractivity contribution is 6.90. The molecule has 2 amide bonds. The van der Waals surface area contributed by atoms with Crippen LogP contribution in [-0.4, -0.2) is 50.3 Å². The topological polar surface area (TPSA) is 55.8 Å². The van der Waals surface area contributed by atoms with Crippen LogP contribution in [-0.2, 0) is 20.7 Å². The maximum Gasteiger partial charge on any atom is 0.417 e. The maximum atomic E-state index is 12.8. The van der Waals surface area contributed by atoms with Gasteiger partial charge in [-0.3, -0.25) is 4.79 Å². The summed E-state index contributed by atoms with van der Waals surface area (Å²) in [6.07, 6.45) is 3.85. The van der Waals surface area contributed by atoms with E-state index in [0.717, 1.165) is 24.8 Å². The molecular weight excluding hydrogens is 454 g/mol. The molecule has 1 aromatic carbocycles. The molecule has 1 saturated heterocycles. The van der Waals surface area contributed by atoms with Gasteiger partial charge in [-0.05, 0) is 41.4 Å². The predicted molar refractivity (Wildman–Crippen MR) is 145 cm³/mol. The van der Waals surface area contributed by atoms with E-state index in [1.807, 2.05) is 30.3 Å². The molecule has 0 aliphatic carbocycles. The average molecular weight is 498 g/mol. The lowest BCUT2D eigenvalue weighted by atomic mass is 10.1. The fraction of sp³-hybridized carbons (Fsp3) is 0.586. The van der Waals surface area contributed by atoms with Crippen LogP contribution in [0.4, 0.5) is 4.79 Å². The van der Waals surface area contributed by atoms with Gasteiger partial charge in [-0.1, -0.05) is 78.0 Å². The van der Waals surface area contributed by atoms with Gasteiger partial charge in [-0.15, -0.1) is 18.0 Å². The molecule has 2 rings (SSSR count). The monoisotopic (exact) mass is 497 g/mol. The maximum absolute atomic E-state index is 12.8. The Morgan fingerprint density at radius 2 is 1.80 bits per heavy atom. The van der Waals surface area contributed by atoms with Crippen molar-refractivity contribution < 1.29 is 19.1 Å². The number of benzene rings is 1. The van der Waals surface area contributed by atoms with E-state index < -0.39 is 14.2 Å². The van der Waals surface area contributed by atoms with Crippen LogP contribution < -0.4 is 0 Å². The second kappa shape index (κ2) is 13.7. The van der Waals surface area contributed by atoms with Crippen molar-refractivity contribution in [3.05, 3.63) is 48.6 Å². The minimum absolute atomic E-state index is 0.174. The molecule has 192 valence electrons. The van der Waals surface area contributed by atoms with Crippen molar-refractivity contribution in [3.63, 3.8) is 0 Å².